The van der Waals surface area contributed by atoms with Crippen molar-refractivity contribution in [2.24, 2.45) is 28.6 Å². The van der Waals surface area contributed by atoms with E-state index in [-0.39, 0.29) is 23.7 Å². The summed E-state index contributed by atoms with van der Waals surface area (Å²) in [5, 5.41) is 9.96. The van der Waals surface area contributed by atoms with E-state index in [1.807, 2.05) is 13.0 Å². The third kappa shape index (κ3) is 2.28. The molecule has 1 N–H and O–H groups in total. The number of ketones is 2. The molecular formula is C25H32O6. The monoisotopic (exact) mass is 433 g/mol. The van der Waals surface area contributed by atoms with Crippen LogP contribution < -0.4 is 0 Å². The van der Waals surface area contributed by atoms with Crippen LogP contribution in [0.25, 0.3) is 0 Å². The highest BCUT2D eigenvalue weighted by atomic mass is 16.6. The molecule has 31 heavy (non-hydrogen) atoms. The van der Waals surface area contributed by atoms with Gasteiger partial charge in [-0.1, -0.05) is 32.3 Å². The topological polar surface area (TPSA) is 93.2 Å². The summed E-state index contributed by atoms with van der Waals surface area (Å²) in [5.74, 6) is -3.21. The number of epoxide rings is 1. The molecule has 168 valence electrons. The maximum atomic E-state index is 13.4. The molecule has 3 saturated carbocycles. The molecule has 0 amide bonds. The average Bonchev–Trinajstić information content (AvgIpc) is 3.46. The maximum absolute atomic E-state index is 13.4. The number of esters is 1. The Morgan fingerprint density at radius 2 is 2.16 bits per heavy atom. The Labute approximate surface area is 190 Å². The summed E-state index contributed by atoms with van der Waals surface area (Å²) in [6.07, 6.45) is 3.73. The first-order valence-electron chi connectivity index (χ1n) is 13.5. The van der Waals surface area contributed by atoms with Crippen molar-refractivity contribution in [3.05, 3.63) is 23.8 Å². The van der Waals surface area contributed by atoms with Gasteiger partial charge in [-0.15, -0.1) is 0 Å². The Hall–Kier alpha value is -1.79. The molecule has 4 aliphatic carbocycles. The van der Waals surface area contributed by atoms with Crippen LogP contribution in [0.4, 0.5) is 0 Å². The molecule has 1 heterocycles. The van der Waals surface area contributed by atoms with Crippen molar-refractivity contribution >= 4 is 17.5 Å². The van der Waals surface area contributed by atoms with E-state index in [2.05, 4.69) is 6.92 Å². The molecule has 5 rings (SSSR count). The highest BCUT2D eigenvalue weighted by molar-refractivity contribution is 6.01. The fourth-order valence-electron chi connectivity index (χ4n) is 8.13. The van der Waals surface area contributed by atoms with Crippen LogP contribution in [-0.2, 0) is 23.9 Å². The zero-order chi connectivity index (χ0) is 26.7. The number of fused-ring (bicyclic) bond motifs is 3. The first-order valence-corrected chi connectivity index (χ1v) is 11.0. The quantitative estimate of drug-likeness (QED) is 0.541. The number of rotatable bonds is 4. The predicted octanol–water partition coefficient (Wildman–Crippen LogP) is 2.93. The van der Waals surface area contributed by atoms with Gasteiger partial charge in [0.25, 0.3) is 0 Å². The molecule has 0 aromatic carbocycles. The van der Waals surface area contributed by atoms with E-state index in [0.717, 1.165) is 5.57 Å². The minimum Gasteiger partial charge on any atom is -0.450 e. The predicted molar refractivity (Wildman–Crippen MR) is 112 cm³/mol. The van der Waals surface area contributed by atoms with E-state index in [9.17, 15) is 19.5 Å². The zero-order valence-electron chi connectivity index (χ0n) is 23.1. The van der Waals surface area contributed by atoms with Gasteiger partial charge < -0.3 is 14.6 Å². The highest BCUT2D eigenvalue weighted by Gasteiger charge is 2.82. The minimum atomic E-state index is -3.32. The molecule has 6 heteroatoms. The van der Waals surface area contributed by atoms with Gasteiger partial charge in [-0.05, 0) is 56.6 Å². The number of carbonyl (C=O) groups excluding carboxylic acids is 3. The lowest BCUT2D eigenvalue weighted by atomic mass is 9.46. The average molecular weight is 434 g/mol. The summed E-state index contributed by atoms with van der Waals surface area (Å²) in [5.41, 5.74) is -2.92. The van der Waals surface area contributed by atoms with Crippen molar-refractivity contribution in [3.8, 4) is 0 Å². The fraction of sp³-hybridized carbons (Fsp3) is 0.720. The lowest BCUT2D eigenvalue weighted by Crippen LogP contribution is -2.63. The van der Waals surface area contributed by atoms with Crippen LogP contribution in [0.3, 0.4) is 0 Å². The van der Waals surface area contributed by atoms with Crippen molar-refractivity contribution in [2.45, 2.75) is 77.0 Å². The second kappa shape index (κ2) is 6.38. The molecule has 4 fully saturated rings. The van der Waals surface area contributed by atoms with Gasteiger partial charge in [-0.2, -0.15) is 0 Å². The number of hydrogen-bond acceptors (Lipinski definition) is 6. The molecule has 1 aliphatic heterocycles. The molecule has 5 aliphatic rings. The van der Waals surface area contributed by atoms with Crippen molar-refractivity contribution in [2.75, 3.05) is 6.61 Å². The Bertz CT molecular complexity index is 1110. The van der Waals surface area contributed by atoms with Crippen molar-refractivity contribution in [1.29, 1.82) is 0 Å². The molecule has 1 saturated heterocycles. The molecule has 6 nitrogen and oxygen atoms in total. The highest BCUT2D eigenvalue weighted by Crippen LogP contribution is 2.76. The largest absolute Gasteiger partial charge is 0.450 e. The Kier molecular flexibility index (Phi) is 3.28. The van der Waals surface area contributed by atoms with E-state index in [1.54, 1.807) is 19.1 Å². The lowest BCUT2D eigenvalue weighted by Gasteiger charge is -2.56. The number of aliphatic hydroxyl groups excluding tert-OH is 1. The summed E-state index contributed by atoms with van der Waals surface area (Å²) in [4.78, 5) is 38.5. The van der Waals surface area contributed by atoms with E-state index >= 15 is 0 Å². The van der Waals surface area contributed by atoms with Crippen molar-refractivity contribution in [3.63, 3.8) is 0 Å². The normalized spacial score (nSPS) is 52.6. The minimum absolute atomic E-state index is 0.0323. The third-order valence-corrected chi connectivity index (χ3v) is 9.39. The number of hydrogen-bond donors (Lipinski definition) is 1. The first kappa shape index (κ1) is 15.9. The van der Waals surface area contributed by atoms with Crippen LogP contribution in [-0.4, -0.2) is 46.6 Å². The summed E-state index contributed by atoms with van der Waals surface area (Å²) in [7, 11) is 0. The lowest BCUT2D eigenvalue weighted by molar-refractivity contribution is -0.193. The van der Waals surface area contributed by atoms with E-state index < -0.39 is 59.5 Å². The van der Waals surface area contributed by atoms with Gasteiger partial charge in [0.1, 0.15) is 12.2 Å². The Balaban J connectivity index is 1.58. The van der Waals surface area contributed by atoms with Gasteiger partial charge in [0.15, 0.2) is 11.4 Å². The van der Waals surface area contributed by atoms with Crippen LogP contribution in [0.2, 0.25) is 0 Å². The number of Topliss-reactive ketones (excluding diaryl/α,β-unsaturated/α-hetero) is 1. The van der Waals surface area contributed by atoms with Gasteiger partial charge >= 0.3 is 5.97 Å². The molecule has 1 spiro atoms. The summed E-state index contributed by atoms with van der Waals surface area (Å²) >= 11 is 0. The van der Waals surface area contributed by atoms with Crippen molar-refractivity contribution < 1.29 is 35.8 Å². The molecule has 8 atom stereocenters. The van der Waals surface area contributed by atoms with E-state index in [1.165, 1.54) is 0 Å². The molecule has 0 aromatic rings. The maximum Gasteiger partial charge on any atom is 0.306 e. The van der Waals surface area contributed by atoms with Crippen LogP contribution in [0.15, 0.2) is 23.8 Å². The standard InChI is InChI=1S/C25H32O6/c1-5-21(29)31-24(19(28)13-26)14(2)10-18-17-7-6-15-11-16(27)8-9-22(15,3)25(17)20(30-25)12-23(18,24)4/h8-9,11,14,17-18,20,26H,5-7,10,12-13H2,1-4H3/t14-,17-,18-,20-,22-,23-,24-,25+/m0/s1/i1D3,5D2. The smallest absolute Gasteiger partial charge is 0.306 e. The number of ether oxygens (including phenoxy) is 2. The summed E-state index contributed by atoms with van der Waals surface area (Å²) in [6.45, 7) is 1.43. The van der Waals surface area contributed by atoms with Crippen LogP contribution >= 0.6 is 0 Å². The fourth-order valence-corrected chi connectivity index (χ4v) is 8.13. The second-order valence-corrected chi connectivity index (χ2v) is 10.3. The zero-order valence-corrected chi connectivity index (χ0v) is 18.1. The number of carbonyl (C=O) groups is 3. The SMILES string of the molecule is [2H]C([2H])([2H])C([2H])([2H])C(=O)O[C@]1(C(=O)CO)[C@@H](C)C[C@H]2[C@@H]3CCC4=CC(=O)C=C[C@]4(C)[C@@]34O[C@H]4C[C@@]21C. The number of aliphatic hydroxyl groups is 1. The molecule has 0 radical (unpaired) electrons. The van der Waals surface area contributed by atoms with Crippen molar-refractivity contribution in [1.82, 2.24) is 0 Å². The third-order valence-electron chi connectivity index (χ3n) is 9.39. The molecular weight excluding hydrogens is 396 g/mol. The molecule has 0 unspecified atom stereocenters. The van der Waals surface area contributed by atoms with Gasteiger partial charge in [-0.3, -0.25) is 14.4 Å². The van der Waals surface area contributed by atoms with E-state index in [0.29, 0.717) is 25.7 Å². The Morgan fingerprint density at radius 3 is 2.87 bits per heavy atom. The van der Waals surface area contributed by atoms with Crippen LogP contribution in [0, 0.1) is 28.6 Å². The van der Waals surface area contributed by atoms with Gasteiger partial charge in [0.05, 0.1) is 6.10 Å². The summed E-state index contributed by atoms with van der Waals surface area (Å²) in [6, 6.07) is 0. The first-order chi connectivity index (χ1) is 16.5. The second-order valence-electron chi connectivity index (χ2n) is 10.3. The van der Waals surface area contributed by atoms with E-state index in [4.69, 9.17) is 16.3 Å². The Morgan fingerprint density at radius 1 is 1.39 bits per heavy atom. The van der Waals surface area contributed by atoms with Crippen LogP contribution in [0.1, 0.15) is 66.5 Å². The van der Waals surface area contributed by atoms with Crippen LogP contribution in [0.5, 0.6) is 0 Å². The van der Waals surface area contributed by atoms with Gasteiger partial charge in [0.2, 0.25) is 5.78 Å². The number of allylic oxidation sites excluding steroid dienone is 2. The molecule has 0 bridgehead atoms. The summed E-state index contributed by atoms with van der Waals surface area (Å²) < 4.78 is 50.5. The molecule has 0 aromatic heterocycles. The van der Waals surface area contributed by atoms with Gasteiger partial charge in [-0.25, -0.2) is 0 Å². The van der Waals surface area contributed by atoms with Gasteiger partial charge in [0, 0.05) is 30.0 Å².